The first kappa shape index (κ1) is 17.5. The van der Waals surface area contributed by atoms with Crippen LogP contribution >= 0.6 is 0 Å². The number of ether oxygens (including phenoxy) is 4. The van der Waals surface area contributed by atoms with Crippen LogP contribution in [-0.4, -0.2) is 28.4 Å². The minimum Gasteiger partial charge on any atom is -0.497 e. The molecule has 4 heteroatoms. The molecule has 0 N–H and O–H groups in total. The zero-order valence-corrected chi connectivity index (χ0v) is 14.4. The van der Waals surface area contributed by atoms with Crippen molar-refractivity contribution in [2.45, 2.75) is 0 Å². The van der Waals surface area contributed by atoms with Crippen LogP contribution in [0.2, 0.25) is 0 Å². The summed E-state index contributed by atoms with van der Waals surface area (Å²) in [6.07, 6.45) is 7.94. The van der Waals surface area contributed by atoms with Gasteiger partial charge in [0.25, 0.3) is 0 Å². The van der Waals surface area contributed by atoms with Gasteiger partial charge in [-0.2, -0.15) is 0 Å². The smallest absolute Gasteiger partial charge is 0.203 e. The molecular weight excluding hydrogens is 304 g/mol. The molecule has 2 aromatic carbocycles. The van der Waals surface area contributed by atoms with Crippen molar-refractivity contribution in [1.29, 1.82) is 0 Å². The summed E-state index contributed by atoms with van der Waals surface area (Å²) in [6, 6.07) is 11.7. The van der Waals surface area contributed by atoms with E-state index in [-0.39, 0.29) is 0 Å². The van der Waals surface area contributed by atoms with Crippen LogP contribution in [0.1, 0.15) is 11.1 Å². The van der Waals surface area contributed by atoms with Gasteiger partial charge in [0.15, 0.2) is 11.5 Å². The fourth-order valence-electron chi connectivity index (χ4n) is 2.25. The molecule has 0 unspecified atom stereocenters. The molecule has 0 aliphatic rings. The Kier molecular flexibility index (Phi) is 6.32. The third-order valence-electron chi connectivity index (χ3n) is 3.49. The van der Waals surface area contributed by atoms with Crippen molar-refractivity contribution >= 4 is 12.2 Å². The zero-order valence-electron chi connectivity index (χ0n) is 14.4. The molecule has 2 rings (SSSR count). The number of methoxy groups -OCH3 is 4. The molecule has 4 nitrogen and oxygen atoms in total. The lowest BCUT2D eigenvalue weighted by Crippen LogP contribution is -1.95. The summed E-state index contributed by atoms with van der Waals surface area (Å²) in [5.41, 5.74) is 2.06. The molecule has 0 amide bonds. The highest BCUT2D eigenvalue weighted by molar-refractivity contribution is 5.64. The SMILES string of the molecule is COc1ccc(/C=C/C=C/c2cc(OC)c(OC)c(OC)c2)cc1. The first-order valence-electron chi connectivity index (χ1n) is 7.50. The van der Waals surface area contributed by atoms with E-state index in [4.69, 9.17) is 18.9 Å². The molecule has 0 bridgehead atoms. The van der Waals surface area contributed by atoms with Gasteiger partial charge in [-0.25, -0.2) is 0 Å². The molecule has 0 saturated heterocycles. The fraction of sp³-hybridized carbons (Fsp3) is 0.200. The third-order valence-corrected chi connectivity index (χ3v) is 3.49. The molecule has 0 atom stereocenters. The van der Waals surface area contributed by atoms with Crippen LogP contribution in [0.4, 0.5) is 0 Å². The summed E-state index contributed by atoms with van der Waals surface area (Å²) >= 11 is 0. The summed E-state index contributed by atoms with van der Waals surface area (Å²) in [4.78, 5) is 0. The maximum absolute atomic E-state index is 5.35. The average molecular weight is 326 g/mol. The lowest BCUT2D eigenvalue weighted by atomic mass is 10.1. The Balaban J connectivity index is 2.14. The van der Waals surface area contributed by atoms with Gasteiger partial charge in [-0.15, -0.1) is 0 Å². The van der Waals surface area contributed by atoms with Gasteiger partial charge in [0.05, 0.1) is 28.4 Å². The highest BCUT2D eigenvalue weighted by Gasteiger charge is 2.11. The Morgan fingerprint density at radius 2 is 1.17 bits per heavy atom. The van der Waals surface area contributed by atoms with Crippen LogP contribution < -0.4 is 18.9 Å². The normalized spacial score (nSPS) is 11.0. The second kappa shape index (κ2) is 8.67. The van der Waals surface area contributed by atoms with Crippen molar-refractivity contribution in [2.75, 3.05) is 28.4 Å². The van der Waals surface area contributed by atoms with Crippen molar-refractivity contribution in [3.05, 3.63) is 59.7 Å². The quantitative estimate of drug-likeness (QED) is 0.705. The first-order chi connectivity index (χ1) is 11.7. The van der Waals surface area contributed by atoms with E-state index in [0.717, 1.165) is 16.9 Å². The van der Waals surface area contributed by atoms with Gasteiger partial charge in [0.1, 0.15) is 5.75 Å². The zero-order chi connectivity index (χ0) is 17.4. The molecule has 0 saturated carbocycles. The second-order valence-electron chi connectivity index (χ2n) is 4.95. The van der Waals surface area contributed by atoms with E-state index in [1.54, 1.807) is 28.4 Å². The molecule has 0 aliphatic carbocycles. The number of rotatable bonds is 7. The lowest BCUT2D eigenvalue weighted by Gasteiger charge is -2.12. The van der Waals surface area contributed by atoms with E-state index in [2.05, 4.69) is 0 Å². The highest BCUT2D eigenvalue weighted by atomic mass is 16.5. The Labute approximate surface area is 142 Å². The third kappa shape index (κ3) is 4.32. The second-order valence-corrected chi connectivity index (χ2v) is 4.95. The molecule has 0 aromatic heterocycles. The monoisotopic (exact) mass is 326 g/mol. The maximum Gasteiger partial charge on any atom is 0.203 e. The maximum atomic E-state index is 5.35. The highest BCUT2D eigenvalue weighted by Crippen LogP contribution is 2.38. The van der Waals surface area contributed by atoms with Gasteiger partial charge in [0, 0.05) is 0 Å². The molecule has 0 aliphatic heterocycles. The van der Waals surface area contributed by atoms with E-state index in [0.29, 0.717) is 17.2 Å². The average Bonchev–Trinajstić information content (AvgIpc) is 2.64. The van der Waals surface area contributed by atoms with Gasteiger partial charge in [0.2, 0.25) is 5.75 Å². The van der Waals surface area contributed by atoms with Crippen molar-refractivity contribution in [3.63, 3.8) is 0 Å². The van der Waals surface area contributed by atoms with Crippen LogP contribution in [-0.2, 0) is 0 Å². The molecule has 2 aromatic rings. The van der Waals surface area contributed by atoms with Gasteiger partial charge in [-0.1, -0.05) is 36.4 Å². The Bertz CT molecular complexity index is 690. The van der Waals surface area contributed by atoms with Crippen LogP contribution in [0.25, 0.3) is 12.2 Å². The van der Waals surface area contributed by atoms with E-state index in [1.165, 1.54) is 0 Å². The predicted molar refractivity (Wildman–Crippen MR) is 97.2 cm³/mol. The first-order valence-corrected chi connectivity index (χ1v) is 7.50. The van der Waals surface area contributed by atoms with E-state index >= 15 is 0 Å². The van der Waals surface area contributed by atoms with Gasteiger partial charge in [-0.3, -0.25) is 0 Å². The minimum atomic E-state index is 0.589. The van der Waals surface area contributed by atoms with Crippen molar-refractivity contribution < 1.29 is 18.9 Å². The lowest BCUT2D eigenvalue weighted by molar-refractivity contribution is 0.324. The number of hydrogen-bond donors (Lipinski definition) is 0. The molecule has 0 heterocycles. The standard InChI is InChI=1S/C20H22O4/c1-21-17-11-9-15(10-12-17)7-5-6-8-16-13-18(22-2)20(24-4)19(14-16)23-3/h5-14H,1-4H3/b7-5+,8-6+. The predicted octanol–water partition coefficient (Wildman–Crippen LogP) is 4.45. The number of benzene rings is 2. The Morgan fingerprint density at radius 3 is 1.62 bits per heavy atom. The van der Waals surface area contributed by atoms with Crippen molar-refractivity contribution in [1.82, 2.24) is 0 Å². The topological polar surface area (TPSA) is 36.9 Å². The largest absolute Gasteiger partial charge is 0.497 e. The van der Waals surface area contributed by atoms with Crippen molar-refractivity contribution in [2.24, 2.45) is 0 Å². The number of allylic oxidation sites excluding steroid dienone is 2. The fourth-order valence-corrected chi connectivity index (χ4v) is 2.25. The van der Waals surface area contributed by atoms with Gasteiger partial charge < -0.3 is 18.9 Å². The molecular formula is C20H22O4. The van der Waals surface area contributed by atoms with Crippen LogP contribution in [0.5, 0.6) is 23.0 Å². The van der Waals surface area contributed by atoms with Crippen LogP contribution in [0.15, 0.2) is 48.6 Å². The van der Waals surface area contributed by atoms with E-state index in [9.17, 15) is 0 Å². The molecule has 24 heavy (non-hydrogen) atoms. The summed E-state index contributed by atoms with van der Waals surface area (Å²) in [6.45, 7) is 0. The minimum absolute atomic E-state index is 0.589. The van der Waals surface area contributed by atoms with Gasteiger partial charge in [-0.05, 0) is 35.4 Å². The molecule has 0 spiro atoms. The van der Waals surface area contributed by atoms with Gasteiger partial charge >= 0.3 is 0 Å². The van der Waals surface area contributed by atoms with E-state index < -0.39 is 0 Å². The summed E-state index contributed by atoms with van der Waals surface area (Å²) < 4.78 is 21.2. The molecule has 126 valence electrons. The summed E-state index contributed by atoms with van der Waals surface area (Å²) in [5.74, 6) is 2.71. The summed E-state index contributed by atoms with van der Waals surface area (Å²) in [5, 5.41) is 0. The Morgan fingerprint density at radius 1 is 0.625 bits per heavy atom. The van der Waals surface area contributed by atoms with Crippen molar-refractivity contribution in [3.8, 4) is 23.0 Å². The van der Waals surface area contributed by atoms with Crippen LogP contribution in [0, 0.1) is 0 Å². The van der Waals surface area contributed by atoms with E-state index in [1.807, 2.05) is 60.7 Å². The number of hydrogen-bond acceptors (Lipinski definition) is 4. The summed E-state index contributed by atoms with van der Waals surface area (Å²) in [7, 11) is 6.46. The van der Waals surface area contributed by atoms with Crippen LogP contribution in [0.3, 0.4) is 0 Å². The molecule has 0 radical (unpaired) electrons. The Hall–Kier alpha value is -2.88. The molecule has 0 fully saturated rings.